The number of anilines is 1. The van der Waals surface area contributed by atoms with E-state index in [1.807, 2.05) is 37.3 Å². The molecule has 1 amide bonds. The number of benzene rings is 1. The molecule has 190 valence electrons. The monoisotopic (exact) mass is 517 g/mol. The molecular formula is C27H27N5O4S. The average molecular weight is 518 g/mol. The summed E-state index contributed by atoms with van der Waals surface area (Å²) in [6.07, 6.45) is 6.99. The molecule has 4 heterocycles. The lowest BCUT2D eigenvalue weighted by molar-refractivity contribution is -0.178. The van der Waals surface area contributed by atoms with Crippen LogP contribution in [0.3, 0.4) is 0 Å². The summed E-state index contributed by atoms with van der Waals surface area (Å²) >= 11 is 1.32. The third-order valence-electron chi connectivity index (χ3n) is 7.02. The van der Waals surface area contributed by atoms with Gasteiger partial charge in [0.05, 0.1) is 37.8 Å². The molecule has 3 aromatic heterocycles. The van der Waals surface area contributed by atoms with Crippen molar-refractivity contribution in [3.05, 3.63) is 59.7 Å². The van der Waals surface area contributed by atoms with Crippen LogP contribution in [0.4, 0.5) is 5.13 Å². The fourth-order valence-electron chi connectivity index (χ4n) is 5.12. The largest absolute Gasteiger partial charge is 0.496 e. The van der Waals surface area contributed by atoms with Gasteiger partial charge in [-0.2, -0.15) is 4.98 Å². The third-order valence-corrected chi connectivity index (χ3v) is 7.88. The highest BCUT2D eigenvalue weighted by molar-refractivity contribution is 7.21. The second-order valence-electron chi connectivity index (χ2n) is 9.35. The molecule has 1 spiro atoms. The highest BCUT2D eigenvalue weighted by Crippen LogP contribution is 2.42. The smallest absolute Gasteiger partial charge is 0.259 e. The Morgan fingerprint density at radius 1 is 1.08 bits per heavy atom. The van der Waals surface area contributed by atoms with Gasteiger partial charge in [-0.05, 0) is 31.9 Å². The number of aromatic nitrogens is 4. The van der Waals surface area contributed by atoms with E-state index in [-0.39, 0.29) is 5.91 Å². The van der Waals surface area contributed by atoms with Crippen molar-refractivity contribution in [2.45, 2.75) is 44.3 Å². The predicted octanol–water partition coefficient (Wildman–Crippen LogP) is 5.12. The Morgan fingerprint density at radius 3 is 2.65 bits per heavy atom. The number of carbonyl (C=O) groups is 1. The highest BCUT2D eigenvalue weighted by Gasteiger charge is 2.41. The van der Waals surface area contributed by atoms with Gasteiger partial charge in [0.2, 0.25) is 0 Å². The lowest BCUT2D eigenvalue weighted by Crippen LogP contribution is -2.34. The first-order valence-corrected chi connectivity index (χ1v) is 13.2. The van der Waals surface area contributed by atoms with E-state index in [9.17, 15) is 4.79 Å². The molecule has 1 saturated carbocycles. The topological polar surface area (TPSA) is 108 Å². The van der Waals surface area contributed by atoms with Crippen LogP contribution in [0.2, 0.25) is 0 Å². The van der Waals surface area contributed by atoms with Crippen molar-refractivity contribution in [1.82, 2.24) is 19.9 Å². The van der Waals surface area contributed by atoms with Crippen molar-refractivity contribution in [1.29, 1.82) is 0 Å². The zero-order valence-electron chi connectivity index (χ0n) is 20.7. The molecule has 2 fully saturated rings. The summed E-state index contributed by atoms with van der Waals surface area (Å²) in [5.74, 6) is 0.283. The summed E-state index contributed by atoms with van der Waals surface area (Å²) in [4.78, 5) is 32.3. The van der Waals surface area contributed by atoms with E-state index in [1.165, 1.54) is 11.3 Å². The van der Waals surface area contributed by atoms with E-state index in [0.29, 0.717) is 46.1 Å². The maximum absolute atomic E-state index is 13.3. The number of nitrogens with zero attached hydrogens (tertiary/aromatic N) is 4. The fourth-order valence-corrected chi connectivity index (χ4v) is 5.92. The summed E-state index contributed by atoms with van der Waals surface area (Å²) < 4.78 is 17.2. The molecule has 10 heteroatoms. The zero-order valence-corrected chi connectivity index (χ0v) is 21.5. The summed E-state index contributed by atoms with van der Waals surface area (Å²) in [5.41, 5.74) is 4.27. The number of hydrogen-bond donors (Lipinski definition) is 1. The van der Waals surface area contributed by atoms with Crippen LogP contribution in [0.1, 0.15) is 53.3 Å². The number of hydrogen-bond acceptors (Lipinski definition) is 9. The van der Waals surface area contributed by atoms with Gasteiger partial charge in [0, 0.05) is 41.8 Å². The van der Waals surface area contributed by atoms with Crippen molar-refractivity contribution >= 4 is 32.9 Å². The Kier molecular flexibility index (Phi) is 6.31. The minimum atomic E-state index is -0.399. The van der Waals surface area contributed by atoms with Crippen LogP contribution in [-0.4, -0.2) is 52.0 Å². The number of methoxy groups -OCH3 is 1. The van der Waals surface area contributed by atoms with Gasteiger partial charge in [-0.25, -0.2) is 9.97 Å². The molecule has 1 aliphatic carbocycles. The molecule has 0 radical (unpaired) electrons. The first-order chi connectivity index (χ1) is 18.0. The van der Waals surface area contributed by atoms with Crippen LogP contribution in [0.25, 0.3) is 21.6 Å². The zero-order chi connectivity index (χ0) is 25.4. The molecule has 4 aromatic rings. The Bertz CT molecular complexity index is 1460. The second-order valence-corrected chi connectivity index (χ2v) is 10.3. The van der Waals surface area contributed by atoms with Crippen LogP contribution in [0.5, 0.6) is 5.75 Å². The molecule has 0 bridgehead atoms. The van der Waals surface area contributed by atoms with E-state index in [0.717, 1.165) is 48.2 Å². The molecule has 1 saturated heterocycles. The molecule has 1 aliphatic heterocycles. The quantitative estimate of drug-likeness (QED) is 0.389. The van der Waals surface area contributed by atoms with E-state index < -0.39 is 5.79 Å². The molecule has 37 heavy (non-hydrogen) atoms. The Balaban J connectivity index is 1.23. The lowest BCUT2D eigenvalue weighted by atomic mass is 9.83. The number of pyridine rings is 1. The standard InChI is InChI=1S/C27H27N5O4S/c1-16-13-19(18-5-3-4-6-22(18)34-2)20(14-28-16)24(33)32-26-31-23-25(37-26)30-21(15-29-23)17-7-9-27(10-8-17)35-11-12-36-27/h3-6,13-15,17H,7-12H2,1-2H3,(H,29,31,32,33). The normalized spacial score (nSPS) is 17.4. The predicted molar refractivity (Wildman–Crippen MR) is 140 cm³/mol. The maximum Gasteiger partial charge on any atom is 0.259 e. The van der Waals surface area contributed by atoms with Crippen LogP contribution in [-0.2, 0) is 9.47 Å². The number of amides is 1. The minimum absolute atomic E-state index is 0.303. The van der Waals surface area contributed by atoms with Crippen LogP contribution >= 0.6 is 11.3 Å². The number of nitrogens with one attached hydrogen (secondary N) is 1. The van der Waals surface area contributed by atoms with Crippen LogP contribution in [0.15, 0.2) is 42.7 Å². The lowest BCUT2D eigenvalue weighted by Gasteiger charge is -2.34. The van der Waals surface area contributed by atoms with Crippen molar-refractivity contribution in [3.8, 4) is 16.9 Å². The fraction of sp³-hybridized carbons (Fsp3) is 0.370. The number of ether oxygens (including phenoxy) is 3. The molecule has 0 unspecified atom stereocenters. The SMILES string of the molecule is COc1ccccc1-c1cc(C)ncc1C(=O)Nc1nc2ncc(C3CCC4(CC3)OCCO4)nc2s1. The number of rotatable bonds is 5. The first kappa shape index (κ1) is 23.9. The van der Waals surface area contributed by atoms with Crippen molar-refractivity contribution in [2.24, 2.45) is 0 Å². The number of para-hydroxylation sites is 1. The Morgan fingerprint density at radius 2 is 1.86 bits per heavy atom. The third kappa shape index (κ3) is 4.68. The molecule has 1 N–H and O–H groups in total. The van der Waals surface area contributed by atoms with Gasteiger partial charge in [-0.1, -0.05) is 29.5 Å². The maximum atomic E-state index is 13.3. The van der Waals surface area contributed by atoms with E-state index in [1.54, 1.807) is 19.5 Å². The molecule has 9 nitrogen and oxygen atoms in total. The summed E-state index contributed by atoms with van der Waals surface area (Å²) in [6.45, 7) is 3.23. The molecule has 2 aliphatic rings. The molecule has 6 rings (SSSR count). The van der Waals surface area contributed by atoms with Crippen molar-refractivity contribution in [2.75, 3.05) is 25.6 Å². The van der Waals surface area contributed by atoms with Crippen molar-refractivity contribution in [3.63, 3.8) is 0 Å². The van der Waals surface area contributed by atoms with Gasteiger partial charge in [-0.15, -0.1) is 0 Å². The molecule has 0 atom stereocenters. The number of fused-ring (bicyclic) bond motifs is 1. The average Bonchev–Trinajstić information content (AvgIpc) is 3.55. The van der Waals surface area contributed by atoms with Gasteiger partial charge in [0.25, 0.3) is 5.91 Å². The molecule has 1 aromatic carbocycles. The second kappa shape index (κ2) is 9.77. The Labute approximate surface area is 218 Å². The molecular weight excluding hydrogens is 490 g/mol. The van der Waals surface area contributed by atoms with E-state index >= 15 is 0 Å². The highest BCUT2D eigenvalue weighted by atomic mass is 32.1. The summed E-state index contributed by atoms with van der Waals surface area (Å²) in [7, 11) is 1.61. The van der Waals surface area contributed by atoms with Crippen molar-refractivity contribution < 1.29 is 19.0 Å². The van der Waals surface area contributed by atoms with Gasteiger partial charge in [-0.3, -0.25) is 15.1 Å². The summed E-state index contributed by atoms with van der Waals surface area (Å²) in [6, 6.07) is 9.49. The number of thiazole rings is 1. The van der Waals surface area contributed by atoms with E-state index in [4.69, 9.17) is 19.2 Å². The Hall–Kier alpha value is -3.47. The number of aryl methyl sites for hydroxylation is 1. The van der Waals surface area contributed by atoms with Crippen LogP contribution in [0, 0.1) is 6.92 Å². The van der Waals surface area contributed by atoms with Gasteiger partial charge in [0.1, 0.15) is 5.75 Å². The van der Waals surface area contributed by atoms with Gasteiger partial charge >= 0.3 is 0 Å². The van der Waals surface area contributed by atoms with E-state index in [2.05, 4.69) is 20.3 Å². The minimum Gasteiger partial charge on any atom is -0.496 e. The first-order valence-electron chi connectivity index (χ1n) is 12.4. The van der Waals surface area contributed by atoms with Gasteiger partial charge in [0.15, 0.2) is 21.4 Å². The van der Waals surface area contributed by atoms with Crippen LogP contribution < -0.4 is 10.1 Å². The van der Waals surface area contributed by atoms with Gasteiger partial charge < -0.3 is 14.2 Å². The number of carbonyl (C=O) groups excluding carboxylic acids is 1. The summed E-state index contributed by atoms with van der Waals surface area (Å²) in [5, 5.41) is 3.36.